The van der Waals surface area contributed by atoms with Crippen molar-refractivity contribution in [2.75, 3.05) is 37.6 Å². The van der Waals surface area contributed by atoms with Crippen molar-refractivity contribution in [1.82, 2.24) is 14.9 Å². The van der Waals surface area contributed by atoms with E-state index in [-0.39, 0.29) is 5.56 Å². The summed E-state index contributed by atoms with van der Waals surface area (Å²) < 4.78 is 5.83. The average Bonchev–Trinajstić information content (AvgIpc) is 2.66. The molecule has 0 saturated carbocycles. The van der Waals surface area contributed by atoms with Gasteiger partial charge in [0.05, 0.1) is 23.1 Å². The van der Waals surface area contributed by atoms with E-state index in [1.165, 1.54) is 6.42 Å². The number of fused-ring (bicyclic) bond motifs is 1. The summed E-state index contributed by atoms with van der Waals surface area (Å²) in [7, 11) is 0. The standard InChI is InChI=1S/C21H30N4O2/c1-15-13-24(14-16(2)27-15)10-7-17-8-11-25(12-9-17)21-22-19-6-4-3-5-18(19)20(26)23-21/h3-6,15-17H,7-14H2,1-2H3,(H,22,23,26). The molecule has 2 unspecified atom stereocenters. The van der Waals surface area contributed by atoms with Crippen molar-refractivity contribution < 1.29 is 4.74 Å². The number of para-hydroxylation sites is 1. The van der Waals surface area contributed by atoms with E-state index in [4.69, 9.17) is 4.74 Å². The van der Waals surface area contributed by atoms with Gasteiger partial charge in [-0.25, -0.2) is 4.98 Å². The first-order chi connectivity index (χ1) is 13.1. The molecule has 1 aromatic carbocycles. The topological polar surface area (TPSA) is 61.5 Å². The van der Waals surface area contributed by atoms with Crippen LogP contribution in [0.1, 0.15) is 33.1 Å². The van der Waals surface area contributed by atoms with Crippen LogP contribution in [0.2, 0.25) is 0 Å². The Morgan fingerprint density at radius 2 is 1.85 bits per heavy atom. The van der Waals surface area contributed by atoms with Gasteiger partial charge in [0.25, 0.3) is 5.56 Å². The van der Waals surface area contributed by atoms with Crippen molar-refractivity contribution in [1.29, 1.82) is 0 Å². The first-order valence-corrected chi connectivity index (χ1v) is 10.2. The van der Waals surface area contributed by atoms with E-state index in [0.29, 0.717) is 23.5 Å². The van der Waals surface area contributed by atoms with Crippen molar-refractivity contribution in [3.8, 4) is 0 Å². The summed E-state index contributed by atoms with van der Waals surface area (Å²) in [6.45, 7) is 9.51. The van der Waals surface area contributed by atoms with Gasteiger partial charge in [0.15, 0.2) is 0 Å². The number of H-pyrrole nitrogens is 1. The molecule has 2 fully saturated rings. The molecule has 27 heavy (non-hydrogen) atoms. The van der Waals surface area contributed by atoms with Crippen LogP contribution in [0.4, 0.5) is 5.95 Å². The molecule has 0 amide bonds. The SMILES string of the molecule is CC1CN(CCC2CCN(c3nc4ccccc4c(=O)[nH]3)CC2)CC(C)O1. The number of nitrogens with zero attached hydrogens (tertiary/aromatic N) is 3. The summed E-state index contributed by atoms with van der Waals surface area (Å²) in [5.74, 6) is 1.47. The molecule has 4 rings (SSSR count). The monoisotopic (exact) mass is 370 g/mol. The molecular formula is C21H30N4O2. The summed E-state index contributed by atoms with van der Waals surface area (Å²) in [5, 5.41) is 0.658. The zero-order valence-electron chi connectivity index (χ0n) is 16.4. The molecule has 3 heterocycles. The van der Waals surface area contributed by atoms with Gasteiger partial charge in [-0.2, -0.15) is 0 Å². The van der Waals surface area contributed by atoms with Crippen molar-refractivity contribution in [3.05, 3.63) is 34.6 Å². The van der Waals surface area contributed by atoms with Crippen LogP contribution < -0.4 is 10.5 Å². The Morgan fingerprint density at radius 1 is 1.15 bits per heavy atom. The predicted molar refractivity (Wildman–Crippen MR) is 108 cm³/mol. The van der Waals surface area contributed by atoms with Crippen molar-refractivity contribution >= 4 is 16.9 Å². The van der Waals surface area contributed by atoms with Crippen molar-refractivity contribution in [2.45, 2.75) is 45.3 Å². The molecule has 2 aliphatic heterocycles. The van der Waals surface area contributed by atoms with Gasteiger partial charge in [-0.1, -0.05) is 12.1 Å². The van der Waals surface area contributed by atoms with E-state index in [1.807, 2.05) is 24.3 Å². The molecule has 6 nitrogen and oxygen atoms in total. The third-order valence-electron chi connectivity index (χ3n) is 5.86. The summed E-state index contributed by atoms with van der Waals surface area (Å²) >= 11 is 0. The number of hydrogen-bond acceptors (Lipinski definition) is 5. The summed E-state index contributed by atoms with van der Waals surface area (Å²) in [6, 6.07) is 7.54. The lowest BCUT2D eigenvalue weighted by atomic mass is 9.93. The van der Waals surface area contributed by atoms with Crippen molar-refractivity contribution in [2.24, 2.45) is 5.92 Å². The highest BCUT2D eigenvalue weighted by molar-refractivity contribution is 5.78. The second-order valence-corrected chi connectivity index (χ2v) is 8.14. The van der Waals surface area contributed by atoms with E-state index >= 15 is 0 Å². The zero-order chi connectivity index (χ0) is 18.8. The van der Waals surface area contributed by atoms with Crippen LogP contribution in [0.25, 0.3) is 10.9 Å². The van der Waals surface area contributed by atoms with Crippen LogP contribution in [0, 0.1) is 5.92 Å². The number of hydrogen-bond donors (Lipinski definition) is 1. The van der Waals surface area contributed by atoms with Crippen LogP contribution in [0.3, 0.4) is 0 Å². The molecule has 6 heteroatoms. The number of rotatable bonds is 4. The molecular weight excluding hydrogens is 340 g/mol. The minimum Gasteiger partial charge on any atom is -0.373 e. The van der Waals surface area contributed by atoms with E-state index < -0.39 is 0 Å². The predicted octanol–water partition coefficient (Wildman–Crippen LogP) is 2.64. The highest BCUT2D eigenvalue weighted by Gasteiger charge is 2.25. The van der Waals surface area contributed by atoms with E-state index in [0.717, 1.165) is 57.0 Å². The number of benzene rings is 1. The molecule has 1 N–H and O–H groups in total. The molecule has 146 valence electrons. The molecule has 0 spiro atoms. The number of morpholine rings is 1. The van der Waals surface area contributed by atoms with Gasteiger partial charge in [-0.3, -0.25) is 14.7 Å². The lowest BCUT2D eigenvalue weighted by Gasteiger charge is -2.37. The maximum Gasteiger partial charge on any atom is 0.260 e. The Bertz CT molecular complexity index is 818. The number of piperidine rings is 1. The first kappa shape index (κ1) is 18.4. The Balaban J connectivity index is 1.32. The van der Waals surface area contributed by atoms with Crippen LogP contribution in [-0.4, -0.2) is 59.8 Å². The highest BCUT2D eigenvalue weighted by Crippen LogP contribution is 2.24. The first-order valence-electron chi connectivity index (χ1n) is 10.2. The minimum absolute atomic E-state index is 0.0479. The Morgan fingerprint density at radius 3 is 2.59 bits per heavy atom. The van der Waals surface area contributed by atoms with Gasteiger partial charge in [-0.05, 0) is 57.7 Å². The van der Waals surface area contributed by atoms with Crippen molar-refractivity contribution in [3.63, 3.8) is 0 Å². The molecule has 0 bridgehead atoms. The maximum atomic E-state index is 12.3. The molecule has 2 aromatic rings. The summed E-state index contributed by atoms with van der Waals surface area (Å²) in [6.07, 6.45) is 4.24. The van der Waals surface area contributed by atoms with Gasteiger partial charge < -0.3 is 9.64 Å². The molecule has 2 aliphatic rings. The molecule has 1 aromatic heterocycles. The Labute approximate surface area is 160 Å². The van der Waals surface area contributed by atoms with Crippen LogP contribution in [0.15, 0.2) is 29.1 Å². The largest absolute Gasteiger partial charge is 0.373 e. The smallest absolute Gasteiger partial charge is 0.260 e. The second kappa shape index (κ2) is 7.98. The number of aromatic amines is 1. The number of ether oxygens (including phenoxy) is 1. The summed E-state index contributed by atoms with van der Waals surface area (Å²) in [4.78, 5) is 24.7. The van der Waals surface area contributed by atoms with Gasteiger partial charge in [0, 0.05) is 26.2 Å². The van der Waals surface area contributed by atoms with E-state index in [2.05, 4.69) is 33.6 Å². The third kappa shape index (κ3) is 4.33. The zero-order valence-corrected chi connectivity index (χ0v) is 16.4. The van der Waals surface area contributed by atoms with Crippen LogP contribution >= 0.6 is 0 Å². The minimum atomic E-state index is -0.0479. The van der Waals surface area contributed by atoms with Crippen LogP contribution in [-0.2, 0) is 4.74 Å². The van der Waals surface area contributed by atoms with E-state index in [1.54, 1.807) is 0 Å². The number of aromatic nitrogens is 2. The average molecular weight is 370 g/mol. The number of nitrogens with one attached hydrogen (secondary N) is 1. The Hall–Kier alpha value is -1.92. The number of anilines is 1. The Kier molecular flexibility index (Phi) is 5.45. The quantitative estimate of drug-likeness (QED) is 0.896. The van der Waals surface area contributed by atoms with Gasteiger partial charge in [0.2, 0.25) is 5.95 Å². The fourth-order valence-corrected chi connectivity index (χ4v) is 4.49. The molecule has 0 radical (unpaired) electrons. The highest BCUT2D eigenvalue weighted by atomic mass is 16.5. The molecule has 0 aliphatic carbocycles. The van der Waals surface area contributed by atoms with Gasteiger partial charge >= 0.3 is 0 Å². The lowest BCUT2D eigenvalue weighted by Crippen LogP contribution is -2.46. The maximum absolute atomic E-state index is 12.3. The van der Waals surface area contributed by atoms with Crippen LogP contribution in [0.5, 0.6) is 0 Å². The van der Waals surface area contributed by atoms with Gasteiger partial charge in [0.1, 0.15) is 0 Å². The molecule has 2 saturated heterocycles. The second-order valence-electron chi connectivity index (χ2n) is 8.14. The normalized spacial score (nSPS) is 25.2. The molecule has 2 atom stereocenters. The summed E-state index contributed by atoms with van der Waals surface area (Å²) in [5.41, 5.74) is 0.724. The fourth-order valence-electron chi connectivity index (χ4n) is 4.49. The fraction of sp³-hybridized carbons (Fsp3) is 0.619. The van der Waals surface area contributed by atoms with Gasteiger partial charge in [-0.15, -0.1) is 0 Å². The van der Waals surface area contributed by atoms with E-state index in [9.17, 15) is 4.79 Å². The third-order valence-corrected chi connectivity index (χ3v) is 5.86. The lowest BCUT2D eigenvalue weighted by molar-refractivity contribution is -0.0690.